The van der Waals surface area contributed by atoms with Gasteiger partial charge < -0.3 is 10.1 Å². The summed E-state index contributed by atoms with van der Waals surface area (Å²) in [5, 5.41) is 4.10. The van der Waals surface area contributed by atoms with Crippen LogP contribution in [0.3, 0.4) is 0 Å². The van der Waals surface area contributed by atoms with Crippen molar-refractivity contribution in [3.05, 3.63) is 89.0 Å². The molecule has 8 nitrogen and oxygen atoms in total. The number of benzene rings is 3. The smallest absolute Gasteiger partial charge is 0.308 e. The molecule has 0 saturated heterocycles. The van der Waals surface area contributed by atoms with Gasteiger partial charge >= 0.3 is 5.97 Å². The summed E-state index contributed by atoms with van der Waals surface area (Å²) < 4.78 is 7.56. The number of hydrogen-bond acceptors (Lipinski definition) is 7. The average Bonchev–Trinajstić information content (AvgIpc) is 3.31. The SMILES string of the molecule is Cc1ccc2nc(-c3ccc(NC(=O)COC(=O)CCn4cnc5ccccc5c4=O)cc3)sc2c1. The molecule has 5 rings (SSSR count). The Morgan fingerprint density at radius 3 is 2.67 bits per heavy atom. The van der Waals surface area contributed by atoms with E-state index < -0.39 is 18.5 Å². The third-order valence-electron chi connectivity index (χ3n) is 5.61. The van der Waals surface area contributed by atoms with E-state index in [1.54, 1.807) is 47.7 Å². The maximum Gasteiger partial charge on any atom is 0.308 e. The topological polar surface area (TPSA) is 103 Å². The zero-order valence-electron chi connectivity index (χ0n) is 19.4. The first-order valence-corrected chi connectivity index (χ1v) is 12.2. The molecule has 1 amide bonds. The number of ether oxygens (including phenoxy) is 1. The van der Waals surface area contributed by atoms with Gasteiger partial charge in [-0.15, -0.1) is 11.3 Å². The van der Waals surface area contributed by atoms with Crippen LogP contribution in [0, 0.1) is 6.92 Å². The number of nitrogens with one attached hydrogen (secondary N) is 1. The quantitative estimate of drug-likeness (QED) is 0.330. The van der Waals surface area contributed by atoms with Gasteiger partial charge in [0.1, 0.15) is 5.01 Å². The lowest BCUT2D eigenvalue weighted by Gasteiger charge is -2.08. The maximum absolute atomic E-state index is 12.5. The Morgan fingerprint density at radius 2 is 1.83 bits per heavy atom. The average molecular weight is 499 g/mol. The summed E-state index contributed by atoms with van der Waals surface area (Å²) in [5.74, 6) is -1.03. The van der Waals surface area contributed by atoms with Gasteiger partial charge in [-0.3, -0.25) is 19.0 Å². The highest BCUT2D eigenvalue weighted by molar-refractivity contribution is 7.21. The summed E-state index contributed by atoms with van der Waals surface area (Å²) in [6.07, 6.45) is 1.35. The van der Waals surface area contributed by atoms with Crippen molar-refractivity contribution in [2.75, 3.05) is 11.9 Å². The van der Waals surface area contributed by atoms with Crippen molar-refractivity contribution in [3.8, 4) is 10.6 Å². The molecule has 0 aliphatic heterocycles. The molecule has 1 N–H and O–H groups in total. The number of esters is 1. The van der Waals surface area contributed by atoms with Crippen LogP contribution < -0.4 is 10.9 Å². The summed E-state index contributed by atoms with van der Waals surface area (Å²) in [6, 6.07) is 20.5. The number of amides is 1. The number of carbonyl (C=O) groups is 2. The first-order valence-electron chi connectivity index (χ1n) is 11.3. The van der Waals surface area contributed by atoms with Crippen LogP contribution in [-0.2, 0) is 20.9 Å². The van der Waals surface area contributed by atoms with Crippen LogP contribution in [-0.4, -0.2) is 33.0 Å². The molecule has 36 heavy (non-hydrogen) atoms. The standard InChI is InChI=1S/C27H22N4O4S/c1-17-6-11-22-23(14-17)36-26(30-22)18-7-9-19(10-8-18)29-24(32)15-35-25(33)12-13-31-16-28-21-5-3-2-4-20(21)27(31)34/h2-11,14,16H,12-13,15H2,1H3,(H,29,32). The molecule has 3 aromatic carbocycles. The largest absolute Gasteiger partial charge is 0.456 e. The lowest BCUT2D eigenvalue weighted by Crippen LogP contribution is -2.24. The molecule has 0 fully saturated rings. The van der Waals surface area contributed by atoms with Crippen molar-refractivity contribution >= 4 is 50.0 Å². The number of nitrogens with zero attached hydrogens (tertiary/aromatic N) is 3. The molecule has 0 saturated carbocycles. The third-order valence-corrected chi connectivity index (χ3v) is 6.68. The van der Waals surface area contributed by atoms with Crippen LogP contribution in [0.25, 0.3) is 31.7 Å². The normalized spacial score (nSPS) is 11.0. The lowest BCUT2D eigenvalue weighted by molar-refractivity contribution is -0.147. The van der Waals surface area contributed by atoms with Crippen molar-refractivity contribution < 1.29 is 14.3 Å². The Hall–Kier alpha value is -4.37. The molecule has 2 heterocycles. The van der Waals surface area contributed by atoms with Crippen LogP contribution in [0.2, 0.25) is 0 Å². The zero-order chi connectivity index (χ0) is 25.1. The summed E-state index contributed by atoms with van der Waals surface area (Å²) in [4.78, 5) is 45.7. The Balaban J connectivity index is 1.12. The van der Waals surface area contributed by atoms with E-state index >= 15 is 0 Å². The number of carbonyl (C=O) groups excluding carboxylic acids is 2. The Bertz CT molecular complexity index is 1640. The van der Waals surface area contributed by atoms with Crippen molar-refractivity contribution in [3.63, 3.8) is 0 Å². The fourth-order valence-corrected chi connectivity index (χ4v) is 4.81. The second kappa shape index (κ2) is 10.1. The second-order valence-electron chi connectivity index (χ2n) is 8.29. The Labute approximate surface area is 210 Å². The van der Waals surface area contributed by atoms with E-state index in [9.17, 15) is 14.4 Å². The van der Waals surface area contributed by atoms with E-state index in [2.05, 4.69) is 28.3 Å². The van der Waals surface area contributed by atoms with E-state index in [1.165, 1.54) is 16.5 Å². The molecule has 0 bridgehead atoms. The molecule has 0 unspecified atom stereocenters. The number of aromatic nitrogens is 3. The van der Waals surface area contributed by atoms with Gasteiger partial charge in [-0.2, -0.15) is 0 Å². The van der Waals surface area contributed by atoms with Gasteiger partial charge in [-0.25, -0.2) is 9.97 Å². The van der Waals surface area contributed by atoms with Crippen LogP contribution >= 0.6 is 11.3 Å². The monoisotopic (exact) mass is 498 g/mol. The molecule has 0 spiro atoms. The summed E-state index contributed by atoms with van der Waals surface area (Å²) in [5.41, 5.74) is 4.07. The maximum atomic E-state index is 12.5. The lowest BCUT2D eigenvalue weighted by atomic mass is 10.2. The van der Waals surface area contributed by atoms with Gasteiger partial charge in [0.05, 0.1) is 33.9 Å². The van der Waals surface area contributed by atoms with Crippen LogP contribution in [0.15, 0.2) is 77.9 Å². The number of anilines is 1. The highest BCUT2D eigenvalue weighted by Gasteiger charge is 2.11. The Morgan fingerprint density at radius 1 is 1.03 bits per heavy atom. The molecule has 0 radical (unpaired) electrons. The first kappa shape index (κ1) is 23.4. The molecule has 9 heteroatoms. The fourth-order valence-electron chi connectivity index (χ4n) is 3.74. The molecule has 0 aliphatic carbocycles. The fraction of sp³-hybridized carbons (Fsp3) is 0.148. The number of thiazole rings is 1. The van der Waals surface area contributed by atoms with Gasteiger partial charge in [-0.1, -0.05) is 18.2 Å². The number of fused-ring (bicyclic) bond motifs is 2. The number of aryl methyl sites for hydroxylation is 2. The molecule has 0 atom stereocenters. The zero-order valence-corrected chi connectivity index (χ0v) is 20.2. The predicted molar refractivity (Wildman–Crippen MR) is 140 cm³/mol. The van der Waals surface area contributed by atoms with Crippen molar-refractivity contribution in [2.45, 2.75) is 19.9 Å². The summed E-state index contributed by atoms with van der Waals surface area (Å²) in [7, 11) is 0. The molecular weight excluding hydrogens is 476 g/mol. The molecule has 180 valence electrons. The van der Waals surface area contributed by atoms with Crippen molar-refractivity contribution in [1.29, 1.82) is 0 Å². The minimum Gasteiger partial charge on any atom is -0.456 e. The number of para-hydroxylation sites is 1. The van der Waals surface area contributed by atoms with Gasteiger partial charge in [0.15, 0.2) is 6.61 Å². The van der Waals surface area contributed by atoms with Gasteiger partial charge in [0, 0.05) is 17.8 Å². The van der Waals surface area contributed by atoms with Crippen molar-refractivity contribution in [2.24, 2.45) is 0 Å². The summed E-state index contributed by atoms with van der Waals surface area (Å²) >= 11 is 1.62. The van der Waals surface area contributed by atoms with Crippen LogP contribution in [0.1, 0.15) is 12.0 Å². The summed E-state index contributed by atoms with van der Waals surface area (Å²) in [6.45, 7) is 1.75. The van der Waals surface area contributed by atoms with E-state index in [-0.39, 0.29) is 18.5 Å². The highest BCUT2D eigenvalue weighted by atomic mass is 32.1. The number of rotatable bonds is 7. The van der Waals surface area contributed by atoms with E-state index in [0.717, 1.165) is 20.8 Å². The predicted octanol–water partition coefficient (Wildman–Crippen LogP) is 4.55. The van der Waals surface area contributed by atoms with E-state index in [4.69, 9.17) is 4.74 Å². The van der Waals surface area contributed by atoms with Gasteiger partial charge in [-0.05, 0) is 61.0 Å². The van der Waals surface area contributed by atoms with Gasteiger partial charge in [0.2, 0.25) is 0 Å². The van der Waals surface area contributed by atoms with Gasteiger partial charge in [0.25, 0.3) is 11.5 Å². The van der Waals surface area contributed by atoms with Crippen molar-refractivity contribution in [1.82, 2.24) is 14.5 Å². The highest BCUT2D eigenvalue weighted by Crippen LogP contribution is 2.31. The molecular formula is C27H22N4O4S. The van der Waals surface area contributed by atoms with E-state index in [0.29, 0.717) is 16.6 Å². The number of hydrogen-bond donors (Lipinski definition) is 1. The minimum atomic E-state index is -0.577. The van der Waals surface area contributed by atoms with Crippen LogP contribution in [0.4, 0.5) is 5.69 Å². The third kappa shape index (κ3) is 5.16. The van der Waals surface area contributed by atoms with E-state index in [1.807, 2.05) is 24.3 Å². The minimum absolute atomic E-state index is 0.0520. The first-order chi connectivity index (χ1) is 17.5. The molecule has 5 aromatic rings. The van der Waals surface area contributed by atoms with Crippen LogP contribution in [0.5, 0.6) is 0 Å². The second-order valence-corrected chi connectivity index (χ2v) is 9.32. The molecule has 2 aromatic heterocycles. The molecule has 0 aliphatic rings. The Kier molecular flexibility index (Phi) is 6.55.